The predicted molar refractivity (Wildman–Crippen MR) is 108 cm³/mol. The van der Waals surface area contributed by atoms with Gasteiger partial charge in [0.15, 0.2) is 0 Å². The van der Waals surface area contributed by atoms with Gasteiger partial charge in [0.2, 0.25) is 0 Å². The molecule has 4 nitrogen and oxygen atoms in total. The molecule has 2 saturated carbocycles. The van der Waals surface area contributed by atoms with Crippen LogP contribution < -0.4 is 11.0 Å². The van der Waals surface area contributed by atoms with Crippen molar-refractivity contribution in [1.29, 1.82) is 0 Å². The molecule has 2 aliphatic rings. The first kappa shape index (κ1) is 17.8. The highest BCUT2D eigenvalue weighted by molar-refractivity contribution is 5.75. The largest absolute Gasteiger partial charge is 0.323 e. The predicted octanol–water partition coefficient (Wildman–Crippen LogP) is 4.69. The van der Waals surface area contributed by atoms with E-state index in [0.29, 0.717) is 12.0 Å². The van der Waals surface area contributed by atoms with Gasteiger partial charge in [0.25, 0.3) is 0 Å². The van der Waals surface area contributed by atoms with E-state index >= 15 is 0 Å². The van der Waals surface area contributed by atoms with Crippen molar-refractivity contribution in [2.75, 3.05) is 0 Å². The van der Waals surface area contributed by atoms with Crippen molar-refractivity contribution in [3.63, 3.8) is 0 Å². The fraction of sp³-hybridized carbons (Fsp3) is 0.682. The Kier molecular flexibility index (Phi) is 5.21. The molecule has 1 heterocycles. The van der Waals surface area contributed by atoms with Crippen LogP contribution in [0.15, 0.2) is 23.0 Å². The average Bonchev–Trinajstić information content (AvgIpc) is 3.02. The van der Waals surface area contributed by atoms with Crippen molar-refractivity contribution in [1.82, 2.24) is 15.3 Å². The molecule has 0 spiro atoms. The molecular formula is C22H33N3O. The fourth-order valence-corrected chi connectivity index (χ4v) is 5.18. The summed E-state index contributed by atoms with van der Waals surface area (Å²) in [5.41, 5.74) is 3.11. The molecule has 2 aromatic rings. The number of H-pyrrole nitrogens is 2. The first-order valence-electron chi connectivity index (χ1n) is 10.6. The molecule has 1 aromatic heterocycles. The number of rotatable bonds is 4. The molecule has 0 amide bonds. The molecule has 0 bridgehead atoms. The molecule has 2 fully saturated rings. The minimum Gasteiger partial charge on any atom is -0.311 e. The lowest BCUT2D eigenvalue weighted by Crippen LogP contribution is -2.42. The van der Waals surface area contributed by atoms with Crippen molar-refractivity contribution in [3.8, 4) is 0 Å². The van der Waals surface area contributed by atoms with Gasteiger partial charge in [-0.15, -0.1) is 0 Å². The minimum absolute atomic E-state index is 0.114. The monoisotopic (exact) mass is 355 g/mol. The Morgan fingerprint density at radius 3 is 2.15 bits per heavy atom. The van der Waals surface area contributed by atoms with Crippen LogP contribution in [0.3, 0.4) is 0 Å². The van der Waals surface area contributed by atoms with Crippen molar-refractivity contribution in [2.45, 2.75) is 83.2 Å². The number of aromatic nitrogens is 2. The topological polar surface area (TPSA) is 60.7 Å². The molecule has 0 unspecified atom stereocenters. The molecule has 1 aromatic carbocycles. The highest BCUT2D eigenvalue weighted by Crippen LogP contribution is 2.35. The SMILES string of the molecule is CC(C)C1CCC(NC2CCC(c3ccc4[nH]c(=O)[nH]c4c3)CC2)CC1. The minimum atomic E-state index is -0.114. The lowest BCUT2D eigenvalue weighted by molar-refractivity contribution is 0.214. The Labute approximate surface area is 156 Å². The highest BCUT2D eigenvalue weighted by Gasteiger charge is 2.27. The van der Waals surface area contributed by atoms with Crippen LogP contribution in [0.5, 0.6) is 0 Å². The van der Waals surface area contributed by atoms with Crippen molar-refractivity contribution in [2.24, 2.45) is 11.8 Å². The average molecular weight is 356 g/mol. The maximum absolute atomic E-state index is 11.4. The summed E-state index contributed by atoms with van der Waals surface area (Å²) in [4.78, 5) is 17.2. The summed E-state index contributed by atoms with van der Waals surface area (Å²) in [6.45, 7) is 4.75. The highest BCUT2D eigenvalue weighted by atomic mass is 16.1. The van der Waals surface area contributed by atoms with E-state index in [1.807, 2.05) is 6.07 Å². The standard InChI is InChI=1S/C22H33N3O/c1-14(2)15-3-8-18(9-4-15)23-19-10-5-16(6-11-19)17-7-12-20-21(13-17)25-22(26)24-20/h7,12-16,18-19,23H,3-6,8-11H2,1-2H3,(H2,24,25,26). The van der Waals surface area contributed by atoms with E-state index in [0.717, 1.165) is 28.9 Å². The van der Waals surface area contributed by atoms with E-state index in [-0.39, 0.29) is 5.69 Å². The Bertz CT molecular complexity index is 774. The summed E-state index contributed by atoms with van der Waals surface area (Å²) in [5.74, 6) is 2.42. The van der Waals surface area contributed by atoms with Gasteiger partial charge in [0.05, 0.1) is 11.0 Å². The van der Waals surface area contributed by atoms with Gasteiger partial charge in [-0.3, -0.25) is 0 Å². The van der Waals surface area contributed by atoms with Crippen molar-refractivity contribution < 1.29 is 0 Å². The maximum atomic E-state index is 11.4. The first-order chi connectivity index (χ1) is 12.6. The zero-order chi connectivity index (χ0) is 18.1. The number of benzene rings is 1. The van der Waals surface area contributed by atoms with Crippen LogP contribution in [0.25, 0.3) is 11.0 Å². The van der Waals surface area contributed by atoms with Crippen LogP contribution in [-0.2, 0) is 0 Å². The van der Waals surface area contributed by atoms with Gasteiger partial charge < -0.3 is 15.3 Å². The number of hydrogen-bond acceptors (Lipinski definition) is 2. The number of hydrogen-bond donors (Lipinski definition) is 3. The first-order valence-corrected chi connectivity index (χ1v) is 10.6. The zero-order valence-electron chi connectivity index (χ0n) is 16.2. The summed E-state index contributed by atoms with van der Waals surface area (Å²) in [6, 6.07) is 7.84. The lowest BCUT2D eigenvalue weighted by Gasteiger charge is -2.36. The van der Waals surface area contributed by atoms with Crippen LogP contribution in [-0.4, -0.2) is 22.1 Å². The molecule has 0 aliphatic heterocycles. The molecule has 0 saturated heterocycles. The molecular weight excluding hydrogens is 322 g/mol. The Morgan fingerprint density at radius 2 is 1.50 bits per heavy atom. The van der Waals surface area contributed by atoms with Crippen LogP contribution in [0.1, 0.15) is 76.7 Å². The van der Waals surface area contributed by atoms with Gasteiger partial charge in [-0.2, -0.15) is 0 Å². The quantitative estimate of drug-likeness (QED) is 0.745. The molecule has 26 heavy (non-hydrogen) atoms. The van der Waals surface area contributed by atoms with Gasteiger partial charge in [0.1, 0.15) is 0 Å². The van der Waals surface area contributed by atoms with Crippen LogP contribution >= 0.6 is 0 Å². The number of aromatic amines is 2. The summed E-state index contributed by atoms with van der Waals surface area (Å²) in [7, 11) is 0. The third-order valence-electron chi connectivity index (χ3n) is 6.92. The molecule has 0 atom stereocenters. The summed E-state index contributed by atoms with van der Waals surface area (Å²) < 4.78 is 0. The molecule has 3 N–H and O–H groups in total. The fourth-order valence-electron chi connectivity index (χ4n) is 5.18. The van der Waals surface area contributed by atoms with E-state index < -0.39 is 0 Å². The smallest absolute Gasteiger partial charge is 0.311 e. The molecule has 0 radical (unpaired) electrons. The summed E-state index contributed by atoms with van der Waals surface area (Å²) in [6.07, 6.45) is 10.6. The van der Waals surface area contributed by atoms with Crippen LogP contribution in [0.4, 0.5) is 0 Å². The van der Waals surface area contributed by atoms with Gasteiger partial charge >= 0.3 is 5.69 Å². The molecule has 4 heteroatoms. The molecule has 4 rings (SSSR count). The van der Waals surface area contributed by atoms with Gasteiger partial charge in [-0.05, 0) is 86.8 Å². The third kappa shape index (κ3) is 3.90. The normalized spacial score (nSPS) is 30.1. The Morgan fingerprint density at radius 1 is 0.885 bits per heavy atom. The Hall–Kier alpha value is -1.55. The lowest BCUT2D eigenvalue weighted by atomic mass is 9.78. The molecule has 2 aliphatic carbocycles. The third-order valence-corrected chi connectivity index (χ3v) is 6.92. The summed E-state index contributed by atoms with van der Waals surface area (Å²) in [5, 5.41) is 3.97. The van der Waals surface area contributed by atoms with E-state index in [2.05, 4.69) is 41.3 Å². The van der Waals surface area contributed by atoms with E-state index in [1.165, 1.54) is 56.9 Å². The number of fused-ring (bicyclic) bond motifs is 1. The van der Waals surface area contributed by atoms with Crippen molar-refractivity contribution >= 4 is 11.0 Å². The second-order valence-corrected chi connectivity index (χ2v) is 8.96. The van der Waals surface area contributed by atoms with Crippen molar-refractivity contribution in [3.05, 3.63) is 34.2 Å². The second-order valence-electron chi connectivity index (χ2n) is 8.96. The number of imidazole rings is 1. The number of nitrogens with one attached hydrogen (secondary N) is 3. The maximum Gasteiger partial charge on any atom is 0.323 e. The zero-order valence-corrected chi connectivity index (χ0v) is 16.2. The Balaban J connectivity index is 1.29. The van der Waals surface area contributed by atoms with Crippen LogP contribution in [0.2, 0.25) is 0 Å². The van der Waals surface area contributed by atoms with E-state index in [9.17, 15) is 4.79 Å². The van der Waals surface area contributed by atoms with Crippen LogP contribution in [0, 0.1) is 11.8 Å². The van der Waals surface area contributed by atoms with Gasteiger partial charge in [-0.25, -0.2) is 4.79 Å². The summed E-state index contributed by atoms with van der Waals surface area (Å²) >= 11 is 0. The van der Waals surface area contributed by atoms with Gasteiger partial charge in [-0.1, -0.05) is 19.9 Å². The van der Waals surface area contributed by atoms with E-state index in [1.54, 1.807) is 0 Å². The second kappa shape index (κ2) is 7.59. The van der Waals surface area contributed by atoms with Gasteiger partial charge in [0, 0.05) is 12.1 Å². The van der Waals surface area contributed by atoms with E-state index in [4.69, 9.17) is 0 Å². The molecule has 142 valence electrons.